The van der Waals surface area contributed by atoms with E-state index in [1.54, 1.807) is 22.7 Å². The number of nitrogens with zero attached hydrogens (tertiary/aromatic N) is 1. The van der Waals surface area contributed by atoms with E-state index >= 15 is 0 Å². The van der Waals surface area contributed by atoms with Crippen LogP contribution in [0.25, 0.3) is 10.6 Å². The summed E-state index contributed by atoms with van der Waals surface area (Å²) in [6.07, 6.45) is 0.222. The minimum Gasteiger partial charge on any atom is -0.455 e. The van der Waals surface area contributed by atoms with Crippen LogP contribution in [-0.4, -0.2) is 10.9 Å². The summed E-state index contributed by atoms with van der Waals surface area (Å²) in [6.45, 7) is 2.03. The summed E-state index contributed by atoms with van der Waals surface area (Å²) in [5, 5.41) is 9.89. The van der Waals surface area contributed by atoms with Gasteiger partial charge in [0.1, 0.15) is 10.8 Å². The molecule has 0 atom stereocenters. The van der Waals surface area contributed by atoms with E-state index in [2.05, 4.69) is 15.7 Å². The van der Waals surface area contributed by atoms with Crippen LogP contribution in [0, 0.1) is 6.92 Å². The van der Waals surface area contributed by atoms with Gasteiger partial charge in [-0.15, -0.1) is 11.3 Å². The molecule has 4 aromatic rings. The van der Waals surface area contributed by atoms with Crippen LogP contribution in [0.2, 0.25) is 0 Å². The van der Waals surface area contributed by atoms with E-state index in [1.807, 2.05) is 72.3 Å². The predicted molar refractivity (Wildman–Crippen MR) is 115 cm³/mol. The summed E-state index contributed by atoms with van der Waals surface area (Å²) in [6, 6.07) is 17.3. The van der Waals surface area contributed by atoms with Crippen molar-refractivity contribution in [3.05, 3.63) is 82.0 Å². The second-order valence-electron chi connectivity index (χ2n) is 6.29. The summed E-state index contributed by atoms with van der Waals surface area (Å²) < 4.78 is 5.94. The van der Waals surface area contributed by atoms with Crippen molar-refractivity contribution in [3.63, 3.8) is 0 Å². The number of anilines is 1. The van der Waals surface area contributed by atoms with Crippen LogP contribution in [0.4, 0.5) is 5.69 Å². The highest BCUT2D eigenvalue weighted by atomic mass is 32.1. The second kappa shape index (κ2) is 8.37. The van der Waals surface area contributed by atoms with Gasteiger partial charge in [-0.1, -0.05) is 29.8 Å². The van der Waals surface area contributed by atoms with Crippen molar-refractivity contribution in [1.29, 1.82) is 0 Å². The number of carbonyl (C=O) groups is 1. The third kappa shape index (κ3) is 4.47. The zero-order chi connectivity index (χ0) is 19.3. The van der Waals surface area contributed by atoms with Crippen molar-refractivity contribution in [2.24, 2.45) is 0 Å². The largest absolute Gasteiger partial charge is 0.455 e. The lowest BCUT2D eigenvalue weighted by molar-refractivity contribution is -0.115. The highest BCUT2D eigenvalue weighted by Crippen LogP contribution is 2.30. The smallest absolute Gasteiger partial charge is 0.230 e. The van der Waals surface area contributed by atoms with Crippen molar-refractivity contribution < 1.29 is 9.53 Å². The standard InChI is InChI=1S/C22H18N2O2S2/c1-15-6-8-18(9-7-15)26-20-5-3-2-4-19(20)24-21(25)12-17-14-28-22(23-17)16-10-11-27-13-16/h2-11,13-14H,12H2,1H3,(H,24,25). The van der Waals surface area contributed by atoms with Gasteiger partial charge < -0.3 is 10.1 Å². The third-order valence-corrected chi connectivity index (χ3v) is 5.69. The molecule has 0 bridgehead atoms. The Labute approximate surface area is 171 Å². The molecule has 2 aromatic carbocycles. The number of thiophene rings is 1. The molecule has 0 aliphatic carbocycles. The average Bonchev–Trinajstić information content (AvgIpc) is 3.37. The van der Waals surface area contributed by atoms with Crippen molar-refractivity contribution in [1.82, 2.24) is 4.98 Å². The van der Waals surface area contributed by atoms with Gasteiger partial charge in [-0.3, -0.25) is 4.79 Å². The van der Waals surface area contributed by atoms with Crippen LogP contribution >= 0.6 is 22.7 Å². The maximum absolute atomic E-state index is 12.5. The lowest BCUT2D eigenvalue weighted by atomic mass is 10.2. The molecule has 4 rings (SSSR count). The van der Waals surface area contributed by atoms with E-state index in [4.69, 9.17) is 4.74 Å². The van der Waals surface area contributed by atoms with Gasteiger partial charge >= 0.3 is 0 Å². The van der Waals surface area contributed by atoms with Gasteiger partial charge in [0.05, 0.1) is 17.8 Å². The summed E-state index contributed by atoms with van der Waals surface area (Å²) in [7, 11) is 0. The minimum absolute atomic E-state index is 0.123. The monoisotopic (exact) mass is 406 g/mol. The molecular weight excluding hydrogens is 388 g/mol. The molecule has 28 heavy (non-hydrogen) atoms. The zero-order valence-electron chi connectivity index (χ0n) is 15.2. The first kappa shape index (κ1) is 18.4. The molecule has 1 N–H and O–H groups in total. The molecule has 0 saturated carbocycles. The van der Waals surface area contributed by atoms with Gasteiger partial charge in [0, 0.05) is 16.3 Å². The third-order valence-electron chi connectivity index (χ3n) is 4.07. The predicted octanol–water partition coefficient (Wildman–Crippen LogP) is 6.15. The lowest BCUT2D eigenvalue weighted by Crippen LogP contribution is -2.15. The molecule has 2 aromatic heterocycles. The lowest BCUT2D eigenvalue weighted by Gasteiger charge is -2.12. The zero-order valence-corrected chi connectivity index (χ0v) is 16.8. The van der Waals surface area contributed by atoms with Crippen LogP contribution < -0.4 is 10.1 Å². The highest BCUT2D eigenvalue weighted by Gasteiger charge is 2.12. The first-order valence-corrected chi connectivity index (χ1v) is 10.6. The fourth-order valence-electron chi connectivity index (χ4n) is 2.66. The van der Waals surface area contributed by atoms with E-state index in [0.29, 0.717) is 11.4 Å². The Bertz CT molecular complexity index is 1070. The van der Waals surface area contributed by atoms with Crippen LogP contribution in [0.1, 0.15) is 11.3 Å². The van der Waals surface area contributed by atoms with Gasteiger partial charge in [-0.25, -0.2) is 4.98 Å². The Morgan fingerprint density at radius 3 is 2.68 bits per heavy atom. The molecule has 0 fully saturated rings. The number of hydrogen-bond donors (Lipinski definition) is 1. The van der Waals surface area contributed by atoms with E-state index in [-0.39, 0.29) is 12.3 Å². The molecule has 0 unspecified atom stereocenters. The van der Waals surface area contributed by atoms with E-state index in [9.17, 15) is 4.79 Å². The van der Waals surface area contributed by atoms with E-state index in [0.717, 1.165) is 22.0 Å². The van der Waals surface area contributed by atoms with Crippen molar-refractivity contribution >= 4 is 34.3 Å². The number of rotatable bonds is 6. The second-order valence-corrected chi connectivity index (χ2v) is 7.93. The molecule has 2 heterocycles. The molecule has 4 nitrogen and oxygen atoms in total. The first-order chi connectivity index (χ1) is 13.7. The number of benzene rings is 2. The maximum Gasteiger partial charge on any atom is 0.230 e. The Kier molecular flexibility index (Phi) is 5.50. The summed E-state index contributed by atoms with van der Waals surface area (Å²) >= 11 is 3.19. The quantitative estimate of drug-likeness (QED) is 0.418. The molecule has 0 spiro atoms. The summed E-state index contributed by atoms with van der Waals surface area (Å²) in [5.41, 5.74) is 3.67. The fourth-order valence-corrected chi connectivity index (χ4v) is 4.19. The minimum atomic E-state index is -0.123. The molecule has 6 heteroatoms. The van der Waals surface area contributed by atoms with Crippen LogP contribution in [0.3, 0.4) is 0 Å². The highest BCUT2D eigenvalue weighted by molar-refractivity contribution is 7.14. The van der Waals surface area contributed by atoms with Crippen LogP contribution in [0.5, 0.6) is 11.5 Å². The average molecular weight is 407 g/mol. The SMILES string of the molecule is Cc1ccc(Oc2ccccc2NC(=O)Cc2csc(-c3ccsc3)n2)cc1. The van der Waals surface area contributed by atoms with Crippen LogP contribution in [-0.2, 0) is 11.2 Å². The number of para-hydroxylation sites is 2. The number of aryl methyl sites for hydroxylation is 1. The molecule has 140 valence electrons. The number of hydrogen-bond acceptors (Lipinski definition) is 5. The van der Waals surface area contributed by atoms with E-state index in [1.165, 1.54) is 5.56 Å². The topological polar surface area (TPSA) is 51.2 Å². The molecule has 0 aliphatic heterocycles. The number of aromatic nitrogens is 1. The Hall–Kier alpha value is -2.96. The first-order valence-electron chi connectivity index (χ1n) is 8.78. The molecule has 0 aliphatic rings. The number of thiazole rings is 1. The molecule has 0 saturated heterocycles. The number of ether oxygens (including phenoxy) is 1. The number of carbonyl (C=O) groups excluding carboxylic acids is 1. The normalized spacial score (nSPS) is 10.6. The Balaban J connectivity index is 1.44. The van der Waals surface area contributed by atoms with Gasteiger partial charge in [-0.2, -0.15) is 11.3 Å². The van der Waals surface area contributed by atoms with Gasteiger partial charge in [0.15, 0.2) is 5.75 Å². The van der Waals surface area contributed by atoms with E-state index < -0.39 is 0 Å². The number of amides is 1. The Morgan fingerprint density at radius 2 is 1.89 bits per heavy atom. The maximum atomic E-state index is 12.5. The fraction of sp³-hybridized carbons (Fsp3) is 0.0909. The molecular formula is C22H18N2O2S2. The van der Waals surface area contributed by atoms with Gasteiger partial charge in [0.2, 0.25) is 5.91 Å². The number of nitrogens with one attached hydrogen (secondary N) is 1. The summed E-state index contributed by atoms with van der Waals surface area (Å²) in [4.78, 5) is 17.1. The van der Waals surface area contributed by atoms with Gasteiger partial charge in [-0.05, 0) is 42.6 Å². The molecule has 0 radical (unpaired) electrons. The Morgan fingerprint density at radius 1 is 1.07 bits per heavy atom. The molecule has 1 amide bonds. The van der Waals surface area contributed by atoms with Crippen LogP contribution in [0.15, 0.2) is 70.7 Å². The van der Waals surface area contributed by atoms with Crippen molar-refractivity contribution in [2.75, 3.05) is 5.32 Å². The summed E-state index contributed by atoms with van der Waals surface area (Å²) in [5.74, 6) is 1.21. The van der Waals surface area contributed by atoms with Crippen molar-refractivity contribution in [2.45, 2.75) is 13.3 Å². The van der Waals surface area contributed by atoms with Crippen molar-refractivity contribution in [3.8, 4) is 22.1 Å². The van der Waals surface area contributed by atoms with Gasteiger partial charge in [0.25, 0.3) is 0 Å².